The summed E-state index contributed by atoms with van der Waals surface area (Å²) in [6, 6.07) is 0. The van der Waals surface area contributed by atoms with Crippen molar-refractivity contribution >= 4 is 21.9 Å². The van der Waals surface area contributed by atoms with Crippen molar-refractivity contribution in [2.24, 2.45) is 0 Å². The van der Waals surface area contributed by atoms with E-state index >= 15 is 0 Å². The zero-order chi connectivity index (χ0) is 0. The topological polar surface area (TPSA) is 28.5 Å². The quantitative estimate of drug-likeness (QED) is 0.262. The molecule has 8 radical (unpaired) electrons. The van der Waals surface area contributed by atoms with Gasteiger partial charge in [-0.25, -0.2) is 0 Å². The minimum atomic E-state index is 0. The SMILES string of the molecule is [Li+].[Li+].[O-2].[Si].[Si]. The van der Waals surface area contributed by atoms with Crippen molar-refractivity contribution in [1.29, 1.82) is 0 Å². The van der Waals surface area contributed by atoms with Crippen LogP contribution < -0.4 is 37.7 Å². The largest absolute Gasteiger partial charge is 2.00 e. The van der Waals surface area contributed by atoms with Crippen LogP contribution in [0.2, 0.25) is 0 Å². The summed E-state index contributed by atoms with van der Waals surface area (Å²) in [5.74, 6) is 0. The summed E-state index contributed by atoms with van der Waals surface area (Å²) in [4.78, 5) is 0. The molecule has 0 rings (SSSR count). The van der Waals surface area contributed by atoms with Crippen LogP contribution in [0.25, 0.3) is 0 Å². The van der Waals surface area contributed by atoms with Crippen LogP contribution in [0.1, 0.15) is 0 Å². The third-order valence-corrected chi connectivity index (χ3v) is 0. The fourth-order valence-electron chi connectivity index (χ4n) is 0. The van der Waals surface area contributed by atoms with E-state index in [4.69, 9.17) is 0 Å². The van der Waals surface area contributed by atoms with Gasteiger partial charge in [0.05, 0.1) is 0 Å². The molecule has 0 aliphatic rings. The Morgan fingerprint density at radius 3 is 0.600 bits per heavy atom. The summed E-state index contributed by atoms with van der Waals surface area (Å²) < 4.78 is 0. The van der Waals surface area contributed by atoms with Gasteiger partial charge < -0.3 is 5.48 Å². The molecule has 0 aliphatic carbocycles. The first kappa shape index (κ1) is 81.5. The average molecular weight is 86.1 g/mol. The maximum absolute atomic E-state index is 0. The normalized spacial score (nSPS) is 0. The van der Waals surface area contributed by atoms with Crippen molar-refractivity contribution in [2.75, 3.05) is 0 Å². The van der Waals surface area contributed by atoms with E-state index < -0.39 is 0 Å². The van der Waals surface area contributed by atoms with Gasteiger partial charge in [0.15, 0.2) is 0 Å². The molecule has 1 nitrogen and oxygen atoms in total. The second-order valence-electron chi connectivity index (χ2n) is 0. The fourth-order valence-corrected chi connectivity index (χ4v) is 0. The van der Waals surface area contributed by atoms with Crippen molar-refractivity contribution in [1.82, 2.24) is 0 Å². The molecule has 0 fully saturated rings. The predicted molar refractivity (Wildman–Crippen MR) is 12.2 cm³/mol. The molecule has 5 heteroatoms. The molecule has 0 amide bonds. The standard InChI is InChI=1S/2Li.O.2Si/q2*+1;-2;;. The van der Waals surface area contributed by atoms with Crippen molar-refractivity contribution in [3.8, 4) is 0 Å². The Kier molecular flexibility index (Phi) is 760. The maximum atomic E-state index is 0. The van der Waals surface area contributed by atoms with E-state index in [0.29, 0.717) is 0 Å². The molecule has 5 heavy (non-hydrogen) atoms. The fraction of sp³-hybridized carbons (Fsp3) is 0. The zero-order valence-corrected chi connectivity index (χ0v) is 5.41. The number of rotatable bonds is 0. The van der Waals surface area contributed by atoms with Crippen LogP contribution in [-0.4, -0.2) is 21.9 Å². The van der Waals surface area contributed by atoms with Gasteiger partial charge in [0.2, 0.25) is 0 Å². The third-order valence-electron chi connectivity index (χ3n) is 0. The van der Waals surface area contributed by atoms with E-state index in [2.05, 4.69) is 0 Å². The second-order valence-corrected chi connectivity index (χ2v) is 0. The number of hydrogen-bond donors (Lipinski definition) is 0. The monoisotopic (exact) mass is 86.0 g/mol. The molecule has 0 aliphatic heterocycles. The molecule has 0 unspecified atom stereocenters. The Morgan fingerprint density at radius 1 is 0.600 bits per heavy atom. The van der Waals surface area contributed by atoms with Gasteiger partial charge in [-0.1, -0.05) is 0 Å². The van der Waals surface area contributed by atoms with Crippen molar-refractivity contribution in [2.45, 2.75) is 0 Å². The van der Waals surface area contributed by atoms with Crippen molar-refractivity contribution in [3.63, 3.8) is 0 Å². The van der Waals surface area contributed by atoms with Gasteiger partial charge in [0.25, 0.3) is 0 Å². The van der Waals surface area contributed by atoms with E-state index in [1.54, 1.807) is 0 Å². The minimum Gasteiger partial charge on any atom is -2.00 e. The summed E-state index contributed by atoms with van der Waals surface area (Å²) in [5.41, 5.74) is 0. The van der Waals surface area contributed by atoms with E-state index in [9.17, 15) is 0 Å². The minimum absolute atomic E-state index is 0. The van der Waals surface area contributed by atoms with Crippen LogP contribution in [0.15, 0.2) is 0 Å². The average Bonchev–Trinajstić information content (AvgIpc) is 0. The molecule has 0 saturated carbocycles. The smallest absolute Gasteiger partial charge is 1.00 e. The van der Waals surface area contributed by atoms with E-state index in [1.165, 1.54) is 0 Å². The molecule has 0 aromatic carbocycles. The molecule has 0 heterocycles. The van der Waals surface area contributed by atoms with Gasteiger partial charge in [-0.2, -0.15) is 0 Å². The zero-order valence-electron chi connectivity index (χ0n) is 3.41. The van der Waals surface area contributed by atoms with Gasteiger partial charge in [-0.15, -0.1) is 0 Å². The molecule has 0 spiro atoms. The third kappa shape index (κ3) is 28.5. The first-order valence-corrected chi connectivity index (χ1v) is 0. The molecule has 0 aromatic rings. The van der Waals surface area contributed by atoms with E-state index in [-0.39, 0.29) is 65.1 Å². The van der Waals surface area contributed by atoms with Gasteiger partial charge in [-0.05, 0) is 0 Å². The van der Waals surface area contributed by atoms with Crippen molar-refractivity contribution in [3.05, 3.63) is 0 Å². The Balaban J connectivity index is 0. The molecular weight excluding hydrogens is 86.1 g/mol. The molecule has 0 atom stereocenters. The summed E-state index contributed by atoms with van der Waals surface area (Å²) in [6.07, 6.45) is 0. The van der Waals surface area contributed by atoms with E-state index in [1.807, 2.05) is 0 Å². The Hall–Kier alpha value is 1.59. The second kappa shape index (κ2) is 46.6. The maximum Gasteiger partial charge on any atom is 1.00 e. The molecule has 0 aromatic heterocycles. The van der Waals surface area contributed by atoms with Crippen LogP contribution in [0.4, 0.5) is 0 Å². The van der Waals surface area contributed by atoms with Crippen LogP contribution in [-0.2, 0) is 5.48 Å². The van der Waals surface area contributed by atoms with Crippen LogP contribution in [0, 0.1) is 0 Å². The van der Waals surface area contributed by atoms with Gasteiger partial charge in [0, 0.05) is 21.9 Å². The molecule has 0 bridgehead atoms. The summed E-state index contributed by atoms with van der Waals surface area (Å²) in [7, 11) is 0. The van der Waals surface area contributed by atoms with E-state index in [0.717, 1.165) is 0 Å². The first-order valence-electron chi connectivity index (χ1n) is 0. The summed E-state index contributed by atoms with van der Waals surface area (Å²) >= 11 is 0. The molecule has 16 valence electrons. The molecule has 0 N–H and O–H groups in total. The van der Waals surface area contributed by atoms with Gasteiger partial charge in [0.1, 0.15) is 0 Å². The number of hydrogen-bond acceptors (Lipinski definition) is 0. The Bertz CT molecular complexity index is 7.61. The van der Waals surface area contributed by atoms with Crippen LogP contribution >= 0.6 is 0 Å². The van der Waals surface area contributed by atoms with Gasteiger partial charge >= 0.3 is 37.7 Å². The Morgan fingerprint density at radius 2 is 0.600 bits per heavy atom. The first-order chi connectivity index (χ1) is 0. The van der Waals surface area contributed by atoms with Gasteiger partial charge in [-0.3, -0.25) is 0 Å². The predicted octanol–water partition coefficient (Wildman–Crippen LogP) is -6.87. The summed E-state index contributed by atoms with van der Waals surface area (Å²) in [5, 5.41) is 0. The van der Waals surface area contributed by atoms with Crippen LogP contribution in [0.3, 0.4) is 0 Å². The summed E-state index contributed by atoms with van der Waals surface area (Å²) in [6.45, 7) is 0. The van der Waals surface area contributed by atoms with Crippen LogP contribution in [0.5, 0.6) is 0 Å². The van der Waals surface area contributed by atoms with Crippen molar-refractivity contribution < 1.29 is 43.2 Å². The molecular formula is Li2OSi2. The Labute approximate surface area is 65.0 Å². The molecule has 0 saturated heterocycles.